The minimum absolute atomic E-state index is 0.170. The van der Waals surface area contributed by atoms with E-state index in [0.29, 0.717) is 11.7 Å². The summed E-state index contributed by atoms with van der Waals surface area (Å²) in [4.78, 5) is 0. The molecule has 0 amide bonds. The van der Waals surface area contributed by atoms with Gasteiger partial charge in [0.2, 0.25) is 0 Å². The zero-order chi connectivity index (χ0) is 13.1. The average Bonchev–Trinajstić information content (AvgIpc) is 2.34. The van der Waals surface area contributed by atoms with Crippen LogP contribution in [0.2, 0.25) is 0 Å². The van der Waals surface area contributed by atoms with Gasteiger partial charge in [0.05, 0.1) is 5.69 Å². The average molecular weight is 314 g/mol. The summed E-state index contributed by atoms with van der Waals surface area (Å²) in [6.45, 7) is 4.57. The minimum Gasteiger partial charge on any atom is -0.379 e. The molecular weight excluding hydrogens is 293 g/mol. The maximum absolute atomic E-state index is 13.8. The van der Waals surface area contributed by atoms with Crippen LogP contribution in [0, 0.1) is 17.7 Å². The van der Waals surface area contributed by atoms with E-state index in [1.807, 2.05) is 6.07 Å². The number of benzene rings is 1. The zero-order valence-corrected chi connectivity index (χ0v) is 12.6. The summed E-state index contributed by atoms with van der Waals surface area (Å²) < 4.78 is 14.6. The summed E-state index contributed by atoms with van der Waals surface area (Å²) in [5.41, 5.74) is 0.618. The summed E-state index contributed by atoms with van der Waals surface area (Å²) >= 11 is 3.42. The highest BCUT2D eigenvalue weighted by atomic mass is 79.9. The van der Waals surface area contributed by atoms with E-state index in [1.165, 1.54) is 18.9 Å². The molecule has 1 aliphatic carbocycles. The predicted molar refractivity (Wildman–Crippen MR) is 78.3 cm³/mol. The van der Waals surface area contributed by atoms with Crippen LogP contribution in [0.3, 0.4) is 0 Å². The minimum atomic E-state index is -0.170. The van der Waals surface area contributed by atoms with Crippen LogP contribution in [0.4, 0.5) is 10.1 Å². The van der Waals surface area contributed by atoms with Crippen LogP contribution in [0.5, 0.6) is 0 Å². The van der Waals surface area contributed by atoms with Crippen molar-refractivity contribution < 1.29 is 4.39 Å². The lowest BCUT2D eigenvalue weighted by Gasteiger charge is -2.33. The summed E-state index contributed by atoms with van der Waals surface area (Å²) in [6.07, 6.45) is 4.85. The predicted octanol–water partition coefficient (Wildman–Crippen LogP) is 5.21. The molecule has 18 heavy (non-hydrogen) atoms. The lowest BCUT2D eigenvalue weighted by atomic mass is 9.79. The maximum Gasteiger partial charge on any atom is 0.147 e. The van der Waals surface area contributed by atoms with Crippen molar-refractivity contribution in [3.8, 4) is 0 Å². The molecule has 2 unspecified atom stereocenters. The second-order valence-corrected chi connectivity index (χ2v) is 6.46. The van der Waals surface area contributed by atoms with Gasteiger partial charge in [0, 0.05) is 10.5 Å². The van der Waals surface area contributed by atoms with Gasteiger partial charge >= 0.3 is 0 Å². The fraction of sp³-hybridized carbons (Fsp3) is 0.600. The van der Waals surface area contributed by atoms with Gasteiger partial charge in [-0.25, -0.2) is 4.39 Å². The van der Waals surface area contributed by atoms with Crippen LogP contribution in [-0.4, -0.2) is 6.04 Å². The van der Waals surface area contributed by atoms with Gasteiger partial charge < -0.3 is 5.32 Å². The molecule has 1 aromatic rings. The zero-order valence-electron chi connectivity index (χ0n) is 11.0. The highest BCUT2D eigenvalue weighted by Crippen LogP contribution is 2.33. The third-order valence-corrected chi connectivity index (χ3v) is 4.63. The fourth-order valence-electron chi connectivity index (χ4n) is 2.80. The molecule has 0 spiro atoms. The SMILES string of the molecule is CC(C)C1CCCC(Nc2c(F)cccc2Br)C1. The highest BCUT2D eigenvalue weighted by molar-refractivity contribution is 9.10. The molecule has 1 aromatic carbocycles. The van der Waals surface area contributed by atoms with Gasteiger partial charge in [0.15, 0.2) is 0 Å². The van der Waals surface area contributed by atoms with Crippen molar-refractivity contribution in [3.05, 3.63) is 28.5 Å². The number of anilines is 1. The van der Waals surface area contributed by atoms with E-state index in [4.69, 9.17) is 0 Å². The number of rotatable bonds is 3. The van der Waals surface area contributed by atoms with Crippen molar-refractivity contribution in [1.82, 2.24) is 0 Å². The molecule has 1 N–H and O–H groups in total. The first-order valence-electron chi connectivity index (χ1n) is 6.78. The maximum atomic E-state index is 13.8. The first kappa shape index (κ1) is 13.9. The molecule has 100 valence electrons. The second kappa shape index (κ2) is 6.05. The monoisotopic (exact) mass is 313 g/mol. The molecule has 1 fully saturated rings. The van der Waals surface area contributed by atoms with Crippen molar-refractivity contribution in [1.29, 1.82) is 0 Å². The van der Waals surface area contributed by atoms with E-state index < -0.39 is 0 Å². The van der Waals surface area contributed by atoms with Crippen molar-refractivity contribution >= 4 is 21.6 Å². The Morgan fingerprint density at radius 2 is 2.11 bits per heavy atom. The van der Waals surface area contributed by atoms with Crippen molar-refractivity contribution in [2.24, 2.45) is 11.8 Å². The van der Waals surface area contributed by atoms with Crippen LogP contribution in [0.1, 0.15) is 39.5 Å². The van der Waals surface area contributed by atoms with Gasteiger partial charge in [0.25, 0.3) is 0 Å². The van der Waals surface area contributed by atoms with Crippen molar-refractivity contribution in [2.45, 2.75) is 45.6 Å². The van der Waals surface area contributed by atoms with Gasteiger partial charge in [-0.1, -0.05) is 32.8 Å². The topological polar surface area (TPSA) is 12.0 Å². The first-order chi connectivity index (χ1) is 8.58. The van der Waals surface area contributed by atoms with Gasteiger partial charge in [-0.05, 0) is 52.7 Å². The molecular formula is C15H21BrFN. The van der Waals surface area contributed by atoms with Crippen LogP contribution in [0.15, 0.2) is 22.7 Å². The second-order valence-electron chi connectivity index (χ2n) is 5.61. The van der Waals surface area contributed by atoms with E-state index in [2.05, 4.69) is 35.1 Å². The molecule has 0 aliphatic heterocycles. The van der Waals surface area contributed by atoms with Gasteiger partial charge in [-0.2, -0.15) is 0 Å². The summed E-state index contributed by atoms with van der Waals surface area (Å²) in [6, 6.07) is 5.52. The summed E-state index contributed by atoms with van der Waals surface area (Å²) in [5.74, 6) is 1.32. The summed E-state index contributed by atoms with van der Waals surface area (Å²) in [5, 5.41) is 3.38. The largest absolute Gasteiger partial charge is 0.379 e. The van der Waals surface area contributed by atoms with Gasteiger partial charge in [-0.3, -0.25) is 0 Å². The summed E-state index contributed by atoms with van der Waals surface area (Å²) in [7, 11) is 0. The van der Waals surface area contributed by atoms with E-state index in [0.717, 1.165) is 29.2 Å². The molecule has 1 nitrogen and oxygen atoms in total. The first-order valence-corrected chi connectivity index (χ1v) is 7.57. The molecule has 0 aromatic heterocycles. The Morgan fingerprint density at radius 1 is 1.33 bits per heavy atom. The molecule has 2 rings (SSSR count). The normalized spacial score (nSPS) is 24.3. The van der Waals surface area contributed by atoms with Gasteiger partial charge in [0.1, 0.15) is 5.82 Å². The molecule has 0 heterocycles. The third kappa shape index (κ3) is 3.25. The molecule has 2 atom stereocenters. The van der Waals surface area contributed by atoms with Gasteiger partial charge in [-0.15, -0.1) is 0 Å². The fourth-order valence-corrected chi connectivity index (χ4v) is 3.26. The highest BCUT2D eigenvalue weighted by Gasteiger charge is 2.24. The van der Waals surface area contributed by atoms with Crippen LogP contribution in [-0.2, 0) is 0 Å². The molecule has 0 radical (unpaired) electrons. The molecule has 3 heteroatoms. The van der Waals surface area contributed by atoms with E-state index in [9.17, 15) is 4.39 Å². The number of nitrogens with one attached hydrogen (secondary N) is 1. The number of para-hydroxylation sites is 1. The Bertz CT molecular complexity index is 385. The van der Waals surface area contributed by atoms with E-state index in [1.54, 1.807) is 6.07 Å². The molecule has 0 saturated heterocycles. The van der Waals surface area contributed by atoms with Crippen LogP contribution in [0.25, 0.3) is 0 Å². The standard InChI is InChI=1S/C15H21BrFN/c1-10(2)11-5-3-6-12(9-11)18-15-13(16)7-4-8-14(15)17/h4,7-8,10-12,18H,3,5-6,9H2,1-2H3. The Morgan fingerprint density at radius 3 is 2.78 bits per heavy atom. The lowest BCUT2D eigenvalue weighted by molar-refractivity contribution is 0.264. The Labute approximate surface area is 117 Å². The van der Waals surface area contributed by atoms with E-state index in [-0.39, 0.29) is 5.82 Å². The van der Waals surface area contributed by atoms with Crippen LogP contribution >= 0.6 is 15.9 Å². The molecule has 1 saturated carbocycles. The smallest absolute Gasteiger partial charge is 0.147 e. The number of hydrogen-bond donors (Lipinski definition) is 1. The number of halogens is 2. The number of hydrogen-bond acceptors (Lipinski definition) is 1. The quantitative estimate of drug-likeness (QED) is 0.807. The molecule has 1 aliphatic rings. The van der Waals surface area contributed by atoms with E-state index >= 15 is 0 Å². The lowest BCUT2D eigenvalue weighted by Crippen LogP contribution is -2.29. The Balaban J connectivity index is 2.05. The third-order valence-electron chi connectivity index (χ3n) is 3.97. The Hall–Kier alpha value is -0.570. The van der Waals surface area contributed by atoms with Crippen LogP contribution < -0.4 is 5.32 Å². The van der Waals surface area contributed by atoms with Crippen molar-refractivity contribution in [3.63, 3.8) is 0 Å². The molecule has 0 bridgehead atoms. The Kier molecular flexibility index (Phi) is 4.66. The van der Waals surface area contributed by atoms with Crippen molar-refractivity contribution in [2.75, 3.05) is 5.32 Å².